The summed E-state index contributed by atoms with van der Waals surface area (Å²) in [7, 11) is 0. The van der Waals surface area contributed by atoms with Crippen molar-refractivity contribution in [3.63, 3.8) is 0 Å². The van der Waals surface area contributed by atoms with Crippen molar-refractivity contribution in [2.24, 2.45) is 9.98 Å². The summed E-state index contributed by atoms with van der Waals surface area (Å²) in [6, 6.07) is 67.5. The monoisotopic (exact) mass is 694 g/mol. The smallest absolute Gasteiger partial charge is 0.163 e. The molecule has 0 fully saturated rings. The van der Waals surface area contributed by atoms with E-state index in [4.69, 9.17) is 14.4 Å². The van der Waals surface area contributed by atoms with Crippen LogP contribution in [-0.4, -0.2) is 11.7 Å². The SMILES string of the molecule is c1ccc(C2=NC(c3cc(-c4cccc(N(c5ccccc5)c5ccccc5)c4)cc4c3oc3c5ccccc5ccc43)=NC(c3ccccc3)N2)cc1. The summed E-state index contributed by atoms with van der Waals surface area (Å²) in [5, 5.41) is 7.89. The van der Waals surface area contributed by atoms with Crippen LogP contribution in [0.2, 0.25) is 0 Å². The zero-order valence-corrected chi connectivity index (χ0v) is 29.3. The van der Waals surface area contributed by atoms with Crippen molar-refractivity contribution >= 4 is 61.4 Å². The lowest BCUT2D eigenvalue weighted by atomic mass is 9.97. The molecule has 1 aliphatic heterocycles. The lowest BCUT2D eigenvalue weighted by Crippen LogP contribution is -2.33. The predicted octanol–water partition coefficient (Wildman–Crippen LogP) is 12.4. The second kappa shape index (κ2) is 13.4. The molecule has 0 saturated carbocycles. The topological polar surface area (TPSA) is 53.1 Å². The fourth-order valence-corrected chi connectivity index (χ4v) is 7.48. The summed E-state index contributed by atoms with van der Waals surface area (Å²) in [6.07, 6.45) is -0.341. The van der Waals surface area contributed by atoms with Gasteiger partial charge in [0.15, 0.2) is 5.84 Å². The molecule has 1 N–H and O–H groups in total. The molecule has 1 aliphatic rings. The third-order valence-corrected chi connectivity index (χ3v) is 10.1. The molecule has 0 radical (unpaired) electrons. The number of nitrogens with one attached hydrogen (secondary N) is 1. The Bertz CT molecular complexity index is 2810. The summed E-state index contributed by atoms with van der Waals surface area (Å²) in [5.41, 5.74) is 9.85. The highest BCUT2D eigenvalue weighted by atomic mass is 16.3. The largest absolute Gasteiger partial charge is 0.455 e. The Labute approximate surface area is 313 Å². The van der Waals surface area contributed by atoms with Crippen molar-refractivity contribution < 1.29 is 4.42 Å². The Hall–Kier alpha value is -7.24. The number of hydrogen-bond acceptors (Lipinski definition) is 5. The van der Waals surface area contributed by atoms with E-state index >= 15 is 0 Å². The van der Waals surface area contributed by atoms with Crippen molar-refractivity contribution in [1.29, 1.82) is 0 Å². The average molecular weight is 695 g/mol. The van der Waals surface area contributed by atoms with E-state index in [1.807, 2.05) is 36.4 Å². The third kappa shape index (κ3) is 5.69. The first-order valence-electron chi connectivity index (χ1n) is 18.2. The van der Waals surface area contributed by atoms with E-state index in [0.717, 1.165) is 83.4 Å². The highest BCUT2D eigenvalue weighted by molar-refractivity contribution is 6.22. The second-order valence-corrected chi connectivity index (χ2v) is 13.5. The first kappa shape index (κ1) is 31.5. The van der Waals surface area contributed by atoms with Crippen LogP contribution < -0.4 is 10.2 Å². The maximum Gasteiger partial charge on any atom is 0.163 e. The van der Waals surface area contributed by atoms with Crippen molar-refractivity contribution in [2.75, 3.05) is 4.90 Å². The van der Waals surface area contributed by atoms with E-state index in [9.17, 15) is 0 Å². The van der Waals surface area contributed by atoms with Gasteiger partial charge in [-0.1, -0.05) is 140 Å². The highest BCUT2D eigenvalue weighted by Gasteiger charge is 2.25. The minimum atomic E-state index is -0.341. The molecule has 0 aliphatic carbocycles. The second-order valence-electron chi connectivity index (χ2n) is 13.5. The van der Waals surface area contributed by atoms with Crippen LogP contribution in [0.15, 0.2) is 209 Å². The maximum absolute atomic E-state index is 6.92. The van der Waals surface area contributed by atoms with Crippen LogP contribution in [0.25, 0.3) is 43.8 Å². The summed E-state index contributed by atoms with van der Waals surface area (Å²) in [4.78, 5) is 12.8. The first-order chi connectivity index (χ1) is 26.8. The minimum absolute atomic E-state index is 0.341. The van der Waals surface area contributed by atoms with Gasteiger partial charge in [-0.2, -0.15) is 0 Å². The molecule has 1 aromatic heterocycles. The number of para-hydroxylation sites is 2. The fourth-order valence-electron chi connectivity index (χ4n) is 7.48. The van der Waals surface area contributed by atoms with E-state index < -0.39 is 0 Å². The van der Waals surface area contributed by atoms with Gasteiger partial charge in [0.25, 0.3) is 0 Å². The lowest BCUT2D eigenvalue weighted by molar-refractivity contribution is 0.665. The molecule has 54 heavy (non-hydrogen) atoms. The Morgan fingerprint density at radius 2 is 1.09 bits per heavy atom. The number of rotatable bonds is 7. The third-order valence-electron chi connectivity index (χ3n) is 10.1. The standard InChI is InChI=1S/C49H34N4O/c1-5-17-34(18-6-1)47-50-48(35-19-7-2-8-20-35)52-49(51-47)44-32-37(31-43-42-29-28-33-16-13-14-27-41(33)45(42)54-46(43)44)36-21-15-26-40(30-36)53(38-22-9-3-10-23-38)39-24-11-4-12-25-39/h1-32,47H,(H,50,51,52). The fraction of sp³-hybridized carbons (Fsp3) is 0.0204. The van der Waals surface area contributed by atoms with Crippen LogP contribution in [0.4, 0.5) is 17.1 Å². The Balaban J connectivity index is 1.21. The lowest BCUT2D eigenvalue weighted by Gasteiger charge is -2.26. The van der Waals surface area contributed by atoms with E-state index in [1.54, 1.807) is 0 Å². The van der Waals surface area contributed by atoms with Gasteiger partial charge in [-0.25, -0.2) is 9.98 Å². The molecular weight excluding hydrogens is 661 g/mol. The number of anilines is 3. The Kier molecular flexibility index (Phi) is 7.81. The minimum Gasteiger partial charge on any atom is -0.455 e. The molecule has 1 atom stereocenters. The number of furan rings is 1. The normalized spacial score (nSPS) is 14.1. The molecule has 10 rings (SSSR count). The summed E-state index contributed by atoms with van der Waals surface area (Å²) in [6.45, 7) is 0. The van der Waals surface area contributed by atoms with Crippen LogP contribution in [-0.2, 0) is 0 Å². The highest BCUT2D eigenvalue weighted by Crippen LogP contribution is 2.41. The zero-order valence-electron chi connectivity index (χ0n) is 29.3. The molecule has 5 nitrogen and oxygen atoms in total. The van der Waals surface area contributed by atoms with Gasteiger partial charge in [-0.3, -0.25) is 0 Å². The van der Waals surface area contributed by atoms with Gasteiger partial charge in [0, 0.05) is 38.8 Å². The van der Waals surface area contributed by atoms with E-state index in [0.29, 0.717) is 5.84 Å². The van der Waals surface area contributed by atoms with Crippen LogP contribution in [0.5, 0.6) is 0 Å². The van der Waals surface area contributed by atoms with Gasteiger partial charge in [0.2, 0.25) is 0 Å². The van der Waals surface area contributed by atoms with Crippen LogP contribution in [0.3, 0.4) is 0 Å². The molecule has 0 bridgehead atoms. The number of benzene rings is 8. The van der Waals surface area contributed by atoms with Crippen LogP contribution in [0, 0.1) is 0 Å². The Morgan fingerprint density at radius 3 is 1.83 bits per heavy atom. The molecule has 8 aromatic carbocycles. The zero-order chi connectivity index (χ0) is 35.8. The van der Waals surface area contributed by atoms with Crippen LogP contribution >= 0.6 is 0 Å². The van der Waals surface area contributed by atoms with Crippen molar-refractivity contribution in [2.45, 2.75) is 6.17 Å². The number of fused-ring (bicyclic) bond motifs is 5. The average Bonchev–Trinajstić information content (AvgIpc) is 3.64. The van der Waals surface area contributed by atoms with Crippen molar-refractivity contribution in [1.82, 2.24) is 5.32 Å². The molecule has 5 heteroatoms. The Morgan fingerprint density at radius 1 is 0.463 bits per heavy atom. The van der Waals surface area contributed by atoms with Crippen molar-refractivity contribution in [3.8, 4) is 11.1 Å². The van der Waals surface area contributed by atoms with E-state index in [2.05, 4.69) is 168 Å². The number of nitrogens with zero attached hydrogens (tertiary/aromatic N) is 3. The van der Waals surface area contributed by atoms with Crippen molar-refractivity contribution in [3.05, 3.63) is 211 Å². The molecule has 0 saturated heterocycles. The van der Waals surface area contributed by atoms with E-state index in [1.165, 1.54) is 0 Å². The molecular formula is C49H34N4O. The summed E-state index contributed by atoms with van der Waals surface area (Å²) >= 11 is 0. The van der Waals surface area contributed by atoms with Gasteiger partial charge < -0.3 is 14.6 Å². The van der Waals surface area contributed by atoms with Gasteiger partial charge in [-0.05, 0) is 76.7 Å². The summed E-state index contributed by atoms with van der Waals surface area (Å²) < 4.78 is 6.92. The number of aliphatic imine (C=N–C) groups is 2. The number of amidine groups is 2. The quantitative estimate of drug-likeness (QED) is 0.181. The van der Waals surface area contributed by atoms with Gasteiger partial charge in [0.05, 0.1) is 5.56 Å². The summed E-state index contributed by atoms with van der Waals surface area (Å²) in [5.74, 6) is 1.38. The van der Waals surface area contributed by atoms with Crippen LogP contribution in [0.1, 0.15) is 22.9 Å². The molecule has 1 unspecified atom stereocenters. The molecule has 9 aromatic rings. The maximum atomic E-state index is 6.92. The molecule has 256 valence electrons. The predicted molar refractivity (Wildman–Crippen MR) is 223 cm³/mol. The van der Waals surface area contributed by atoms with Gasteiger partial charge in [0.1, 0.15) is 23.2 Å². The van der Waals surface area contributed by atoms with E-state index in [-0.39, 0.29) is 6.17 Å². The van der Waals surface area contributed by atoms with Gasteiger partial charge in [-0.15, -0.1) is 0 Å². The van der Waals surface area contributed by atoms with Gasteiger partial charge >= 0.3 is 0 Å². The number of hydrogen-bond donors (Lipinski definition) is 1. The first-order valence-corrected chi connectivity index (χ1v) is 18.2. The molecule has 2 heterocycles. The molecule has 0 amide bonds. The molecule has 0 spiro atoms.